The van der Waals surface area contributed by atoms with E-state index in [9.17, 15) is 4.39 Å². The second kappa shape index (κ2) is 5.83. The molecule has 2 heteroatoms. The normalized spacial score (nSPS) is 18.5. The summed E-state index contributed by atoms with van der Waals surface area (Å²) < 4.78 is 13.8. The lowest BCUT2D eigenvalue weighted by atomic mass is 9.97. The van der Waals surface area contributed by atoms with E-state index in [2.05, 4.69) is 25.7 Å². The van der Waals surface area contributed by atoms with Crippen LogP contribution in [0.15, 0.2) is 18.2 Å². The van der Waals surface area contributed by atoms with Crippen LogP contribution in [0.25, 0.3) is 0 Å². The average Bonchev–Trinajstić information content (AvgIpc) is 2.34. The van der Waals surface area contributed by atoms with Gasteiger partial charge in [0.1, 0.15) is 5.82 Å². The van der Waals surface area contributed by atoms with Gasteiger partial charge in [-0.2, -0.15) is 0 Å². The van der Waals surface area contributed by atoms with Crippen molar-refractivity contribution in [2.45, 2.75) is 46.1 Å². The van der Waals surface area contributed by atoms with E-state index >= 15 is 0 Å². The van der Waals surface area contributed by atoms with Crippen molar-refractivity contribution in [2.75, 3.05) is 13.1 Å². The summed E-state index contributed by atoms with van der Waals surface area (Å²) >= 11 is 0. The Labute approximate surface area is 110 Å². The Morgan fingerprint density at radius 1 is 1.28 bits per heavy atom. The standard InChI is InChI=1S/C16H24FN/c1-12(2)14-4-5-16(17)15(10-14)11-18-8-6-13(3)7-9-18/h4-5,10,12-13H,6-9,11H2,1-3H3. The van der Waals surface area contributed by atoms with E-state index in [1.165, 1.54) is 18.4 Å². The largest absolute Gasteiger partial charge is 0.299 e. The molecule has 0 amide bonds. The van der Waals surface area contributed by atoms with Gasteiger partial charge in [-0.3, -0.25) is 4.90 Å². The van der Waals surface area contributed by atoms with Crippen LogP contribution in [0.5, 0.6) is 0 Å². The van der Waals surface area contributed by atoms with Crippen molar-refractivity contribution in [3.63, 3.8) is 0 Å². The van der Waals surface area contributed by atoms with Gasteiger partial charge in [0.25, 0.3) is 0 Å². The van der Waals surface area contributed by atoms with Crippen LogP contribution < -0.4 is 0 Å². The Morgan fingerprint density at radius 2 is 1.94 bits per heavy atom. The van der Waals surface area contributed by atoms with Gasteiger partial charge in [0.2, 0.25) is 0 Å². The predicted octanol–water partition coefficient (Wildman–Crippen LogP) is 4.18. The fourth-order valence-corrected chi connectivity index (χ4v) is 2.54. The number of likely N-dealkylation sites (tertiary alicyclic amines) is 1. The van der Waals surface area contributed by atoms with Crippen molar-refractivity contribution in [1.29, 1.82) is 0 Å². The van der Waals surface area contributed by atoms with Gasteiger partial charge >= 0.3 is 0 Å². The second-order valence-electron chi connectivity index (χ2n) is 5.96. The molecule has 0 spiro atoms. The van der Waals surface area contributed by atoms with Gasteiger partial charge in [0, 0.05) is 12.1 Å². The van der Waals surface area contributed by atoms with Crippen molar-refractivity contribution < 1.29 is 4.39 Å². The minimum absolute atomic E-state index is 0.0574. The third kappa shape index (κ3) is 3.32. The van der Waals surface area contributed by atoms with Gasteiger partial charge in [-0.05, 0) is 49.4 Å². The maximum absolute atomic E-state index is 13.8. The van der Waals surface area contributed by atoms with Crippen LogP contribution in [0.3, 0.4) is 0 Å². The van der Waals surface area contributed by atoms with Crippen LogP contribution in [0.2, 0.25) is 0 Å². The van der Waals surface area contributed by atoms with E-state index < -0.39 is 0 Å². The molecular weight excluding hydrogens is 225 g/mol. The molecule has 1 aliphatic rings. The summed E-state index contributed by atoms with van der Waals surface area (Å²) in [6.45, 7) is 9.58. The fraction of sp³-hybridized carbons (Fsp3) is 0.625. The highest BCUT2D eigenvalue weighted by Gasteiger charge is 2.17. The molecule has 0 N–H and O–H groups in total. The maximum Gasteiger partial charge on any atom is 0.127 e. The van der Waals surface area contributed by atoms with Crippen molar-refractivity contribution in [3.05, 3.63) is 35.1 Å². The molecule has 0 atom stereocenters. The molecule has 1 saturated heterocycles. The molecule has 0 aliphatic carbocycles. The van der Waals surface area contributed by atoms with Gasteiger partial charge in [-0.15, -0.1) is 0 Å². The predicted molar refractivity (Wildman–Crippen MR) is 74.2 cm³/mol. The SMILES string of the molecule is CC1CCN(Cc2cc(C(C)C)ccc2F)CC1. The molecule has 2 rings (SSSR count). The Kier molecular flexibility index (Phi) is 4.39. The number of rotatable bonds is 3. The molecule has 0 bridgehead atoms. The number of hydrogen-bond donors (Lipinski definition) is 0. The van der Waals surface area contributed by atoms with Crippen LogP contribution in [0, 0.1) is 11.7 Å². The van der Waals surface area contributed by atoms with Gasteiger partial charge in [0.15, 0.2) is 0 Å². The van der Waals surface area contributed by atoms with E-state index in [0.717, 1.165) is 31.1 Å². The van der Waals surface area contributed by atoms with Crippen LogP contribution in [0.1, 0.15) is 50.7 Å². The summed E-state index contributed by atoms with van der Waals surface area (Å²) in [4.78, 5) is 2.38. The van der Waals surface area contributed by atoms with Crippen LogP contribution >= 0.6 is 0 Å². The van der Waals surface area contributed by atoms with Crippen LogP contribution in [-0.4, -0.2) is 18.0 Å². The molecule has 0 unspecified atom stereocenters. The molecular formula is C16H24FN. The van der Waals surface area contributed by atoms with Crippen LogP contribution in [0.4, 0.5) is 4.39 Å². The van der Waals surface area contributed by atoms with Gasteiger partial charge < -0.3 is 0 Å². The first-order valence-corrected chi connectivity index (χ1v) is 7.07. The fourth-order valence-electron chi connectivity index (χ4n) is 2.54. The van der Waals surface area contributed by atoms with E-state index in [1.54, 1.807) is 6.07 Å². The highest BCUT2D eigenvalue weighted by molar-refractivity contribution is 5.27. The summed E-state index contributed by atoms with van der Waals surface area (Å²) in [5.41, 5.74) is 2.09. The zero-order valence-corrected chi connectivity index (χ0v) is 11.7. The highest BCUT2D eigenvalue weighted by atomic mass is 19.1. The first-order valence-electron chi connectivity index (χ1n) is 7.07. The minimum Gasteiger partial charge on any atom is -0.299 e. The van der Waals surface area contributed by atoms with Gasteiger partial charge in [-0.25, -0.2) is 4.39 Å². The highest BCUT2D eigenvalue weighted by Crippen LogP contribution is 2.22. The van der Waals surface area contributed by atoms with E-state index in [-0.39, 0.29) is 5.82 Å². The number of halogens is 1. The average molecular weight is 249 g/mol. The molecule has 1 heterocycles. The second-order valence-corrected chi connectivity index (χ2v) is 5.96. The Hall–Kier alpha value is -0.890. The molecule has 0 saturated carbocycles. The first-order chi connectivity index (χ1) is 8.56. The molecule has 18 heavy (non-hydrogen) atoms. The molecule has 1 aromatic rings. The van der Waals surface area contributed by atoms with E-state index in [0.29, 0.717) is 5.92 Å². The molecule has 1 nitrogen and oxygen atoms in total. The van der Waals surface area contributed by atoms with Crippen molar-refractivity contribution in [3.8, 4) is 0 Å². The topological polar surface area (TPSA) is 3.24 Å². The molecule has 0 radical (unpaired) electrons. The van der Waals surface area contributed by atoms with Crippen molar-refractivity contribution >= 4 is 0 Å². The number of nitrogens with zero attached hydrogens (tertiary/aromatic N) is 1. The molecule has 1 aromatic carbocycles. The number of piperidine rings is 1. The minimum atomic E-state index is -0.0574. The Morgan fingerprint density at radius 3 is 2.56 bits per heavy atom. The smallest absolute Gasteiger partial charge is 0.127 e. The van der Waals surface area contributed by atoms with E-state index in [1.807, 2.05) is 12.1 Å². The third-order valence-corrected chi connectivity index (χ3v) is 4.01. The van der Waals surface area contributed by atoms with Gasteiger partial charge in [0.05, 0.1) is 0 Å². The lowest BCUT2D eigenvalue weighted by Gasteiger charge is -2.30. The Balaban J connectivity index is 2.06. The lowest BCUT2D eigenvalue weighted by Crippen LogP contribution is -2.32. The quantitative estimate of drug-likeness (QED) is 0.776. The zero-order valence-electron chi connectivity index (χ0n) is 11.7. The van der Waals surface area contributed by atoms with E-state index in [4.69, 9.17) is 0 Å². The summed E-state index contributed by atoms with van der Waals surface area (Å²) in [5, 5.41) is 0. The Bertz CT molecular complexity index is 392. The third-order valence-electron chi connectivity index (χ3n) is 4.01. The summed E-state index contributed by atoms with van der Waals surface area (Å²) in [6, 6.07) is 5.57. The lowest BCUT2D eigenvalue weighted by molar-refractivity contribution is 0.183. The van der Waals surface area contributed by atoms with Gasteiger partial charge in [-0.1, -0.05) is 32.9 Å². The summed E-state index contributed by atoms with van der Waals surface area (Å²) in [5.74, 6) is 1.23. The molecule has 0 aromatic heterocycles. The van der Waals surface area contributed by atoms with Crippen molar-refractivity contribution in [1.82, 2.24) is 4.90 Å². The van der Waals surface area contributed by atoms with Crippen molar-refractivity contribution in [2.24, 2.45) is 5.92 Å². The maximum atomic E-state index is 13.8. The number of hydrogen-bond acceptors (Lipinski definition) is 1. The zero-order chi connectivity index (χ0) is 13.1. The monoisotopic (exact) mass is 249 g/mol. The molecule has 1 fully saturated rings. The summed E-state index contributed by atoms with van der Waals surface area (Å²) in [7, 11) is 0. The molecule has 1 aliphatic heterocycles. The first kappa shape index (κ1) is 13.5. The molecule has 100 valence electrons. The number of benzene rings is 1. The summed E-state index contributed by atoms with van der Waals surface area (Å²) in [6.07, 6.45) is 2.48. The van der Waals surface area contributed by atoms with Crippen LogP contribution in [-0.2, 0) is 6.54 Å².